The summed E-state index contributed by atoms with van der Waals surface area (Å²) in [6, 6.07) is 13.8. The summed E-state index contributed by atoms with van der Waals surface area (Å²) in [6.45, 7) is 1.51. The minimum Gasteiger partial charge on any atom is -0.367 e. The molecule has 5 heteroatoms. The Kier molecular flexibility index (Phi) is 4.71. The van der Waals surface area contributed by atoms with Crippen molar-refractivity contribution in [1.29, 1.82) is 0 Å². The molecular formula is C21H23N3O2. The summed E-state index contributed by atoms with van der Waals surface area (Å²) in [5, 5.41) is 1.19. The number of carbonyl (C=O) groups is 1. The first kappa shape index (κ1) is 16.8. The second-order valence-corrected chi connectivity index (χ2v) is 6.77. The monoisotopic (exact) mass is 349 g/mol. The number of aromatic amines is 1. The first-order chi connectivity index (χ1) is 12.8. The molecule has 1 saturated heterocycles. The number of nitrogens with one attached hydrogen (secondary N) is 1. The van der Waals surface area contributed by atoms with E-state index in [1.54, 1.807) is 13.3 Å². The molecule has 0 aliphatic carbocycles. The van der Waals surface area contributed by atoms with Crippen LogP contribution in [0.5, 0.6) is 0 Å². The first-order valence-corrected chi connectivity index (χ1v) is 9.06. The van der Waals surface area contributed by atoms with Gasteiger partial charge >= 0.3 is 0 Å². The number of rotatable bonds is 4. The van der Waals surface area contributed by atoms with Crippen molar-refractivity contribution in [2.24, 2.45) is 0 Å². The number of methoxy groups -OCH3 is 1. The van der Waals surface area contributed by atoms with Crippen molar-refractivity contribution in [1.82, 2.24) is 14.9 Å². The van der Waals surface area contributed by atoms with Crippen molar-refractivity contribution in [3.05, 3.63) is 66.0 Å². The fraction of sp³-hybridized carbons (Fsp3) is 0.333. The van der Waals surface area contributed by atoms with Crippen LogP contribution in [0.1, 0.15) is 36.0 Å². The van der Waals surface area contributed by atoms with Gasteiger partial charge in [-0.3, -0.25) is 4.79 Å². The normalized spacial score (nSPS) is 16.7. The van der Waals surface area contributed by atoms with Gasteiger partial charge in [0.2, 0.25) is 0 Å². The molecule has 1 amide bonds. The van der Waals surface area contributed by atoms with E-state index in [1.807, 2.05) is 41.3 Å². The van der Waals surface area contributed by atoms with E-state index >= 15 is 0 Å². The van der Waals surface area contributed by atoms with E-state index in [4.69, 9.17) is 4.74 Å². The molecule has 1 aromatic carbocycles. The molecule has 5 nitrogen and oxygen atoms in total. The highest BCUT2D eigenvalue weighted by molar-refractivity contribution is 5.83. The van der Waals surface area contributed by atoms with Gasteiger partial charge in [-0.25, -0.2) is 4.98 Å². The van der Waals surface area contributed by atoms with Crippen LogP contribution in [-0.2, 0) is 9.53 Å². The number of likely N-dealkylation sites (tertiary alicyclic amines) is 1. The van der Waals surface area contributed by atoms with Crippen molar-refractivity contribution >= 4 is 16.9 Å². The molecule has 0 radical (unpaired) electrons. The summed E-state index contributed by atoms with van der Waals surface area (Å²) in [4.78, 5) is 22.5. The smallest absolute Gasteiger partial charge is 0.256 e. The summed E-state index contributed by atoms with van der Waals surface area (Å²) < 4.78 is 5.50. The van der Waals surface area contributed by atoms with Crippen LogP contribution in [0.25, 0.3) is 11.0 Å². The van der Waals surface area contributed by atoms with Gasteiger partial charge in [0.1, 0.15) is 5.65 Å². The van der Waals surface area contributed by atoms with Gasteiger partial charge < -0.3 is 14.6 Å². The summed E-state index contributed by atoms with van der Waals surface area (Å²) in [7, 11) is 1.60. The molecule has 0 spiro atoms. The maximum absolute atomic E-state index is 12.9. The molecule has 3 aromatic rings. The molecular weight excluding hydrogens is 326 g/mol. The van der Waals surface area contributed by atoms with Crippen molar-refractivity contribution < 1.29 is 9.53 Å². The van der Waals surface area contributed by atoms with Crippen molar-refractivity contribution in [3.8, 4) is 0 Å². The second kappa shape index (κ2) is 7.30. The average Bonchev–Trinajstić information content (AvgIpc) is 3.13. The van der Waals surface area contributed by atoms with Gasteiger partial charge in [-0.05, 0) is 42.0 Å². The van der Waals surface area contributed by atoms with Gasteiger partial charge in [0.15, 0.2) is 6.10 Å². The fourth-order valence-electron chi connectivity index (χ4n) is 3.90. The van der Waals surface area contributed by atoms with Crippen LogP contribution in [0, 0.1) is 0 Å². The molecule has 134 valence electrons. The number of amides is 1. The van der Waals surface area contributed by atoms with Gasteiger partial charge in [-0.15, -0.1) is 0 Å². The Hall–Kier alpha value is -2.66. The number of pyridine rings is 1. The largest absolute Gasteiger partial charge is 0.367 e. The summed E-state index contributed by atoms with van der Waals surface area (Å²) in [6.07, 6.45) is 5.27. The van der Waals surface area contributed by atoms with E-state index in [9.17, 15) is 4.79 Å². The predicted molar refractivity (Wildman–Crippen MR) is 101 cm³/mol. The van der Waals surface area contributed by atoms with Crippen LogP contribution in [0.15, 0.2) is 54.9 Å². The number of hydrogen-bond acceptors (Lipinski definition) is 3. The lowest BCUT2D eigenvalue weighted by molar-refractivity contribution is -0.143. The molecule has 0 unspecified atom stereocenters. The summed E-state index contributed by atoms with van der Waals surface area (Å²) >= 11 is 0. The zero-order chi connectivity index (χ0) is 17.9. The molecule has 0 bridgehead atoms. The molecule has 4 rings (SSSR count). The van der Waals surface area contributed by atoms with E-state index in [0.717, 1.165) is 37.1 Å². The Balaban J connectivity index is 1.45. The SMILES string of the molecule is CO[C@H](C(=O)N1CCC(c2c[nH]c3ncccc23)CC1)c1ccccc1. The standard InChI is InChI=1S/C21H23N3O2/c1-26-19(16-6-3-2-4-7-16)21(25)24-12-9-15(10-13-24)18-14-23-20-17(18)8-5-11-22-20/h2-8,11,14-15,19H,9-10,12-13H2,1H3,(H,22,23)/t19-/m0/s1. The molecule has 3 heterocycles. The van der Waals surface area contributed by atoms with E-state index in [2.05, 4.69) is 22.2 Å². The average molecular weight is 349 g/mol. The number of aromatic nitrogens is 2. The van der Waals surface area contributed by atoms with E-state index < -0.39 is 6.10 Å². The van der Waals surface area contributed by atoms with Gasteiger partial charge in [0.05, 0.1) is 0 Å². The van der Waals surface area contributed by atoms with Crippen LogP contribution in [-0.4, -0.2) is 41.0 Å². The number of nitrogens with zero attached hydrogens (tertiary/aromatic N) is 2. The number of H-pyrrole nitrogens is 1. The quantitative estimate of drug-likeness (QED) is 0.782. The third-order valence-electron chi connectivity index (χ3n) is 5.29. The lowest BCUT2D eigenvalue weighted by Gasteiger charge is -2.34. The minimum absolute atomic E-state index is 0.0535. The van der Waals surface area contributed by atoms with Crippen LogP contribution in [0.2, 0.25) is 0 Å². The lowest BCUT2D eigenvalue weighted by atomic mass is 9.89. The number of piperidine rings is 1. The predicted octanol–water partition coefficient (Wildman–Crippen LogP) is 3.66. The molecule has 2 aromatic heterocycles. The highest BCUT2D eigenvalue weighted by atomic mass is 16.5. The van der Waals surface area contributed by atoms with Crippen LogP contribution in [0.4, 0.5) is 0 Å². The zero-order valence-corrected chi connectivity index (χ0v) is 14.9. The highest BCUT2D eigenvalue weighted by Gasteiger charge is 2.30. The Morgan fingerprint density at radius 1 is 1.19 bits per heavy atom. The number of benzene rings is 1. The van der Waals surface area contributed by atoms with Crippen molar-refractivity contribution in [3.63, 3.8) is 0 Å². The number of hydrogen-bond donors (Lipinski definition) is 1. The number of carbonyl (C=O) groups excluding carboxylic acids is 1. The van der Waals surface area contributed by atoms with Crippen LogP contribution >= 0.6 is 0 Å². The van der Waals surface area contributed by atoms with Gasteiger partial charge in [-0.2, -0.15) is 0 Å². The van der Waals surface area contributed by atoms with E-state index in [1.165, 1.54) is 10.9 Å². The lowest BCUT2D eigenvalue weighted by Crippen LogP contribution is -2.41. The molecule has 1 aliphatic heterocycles. The van der Waals surface area contributed by atoms with Crippen LogP contribution < -0.4 is 0 Å². The van der Waals surface area contributed by atoms with Crippen LogP contribution in [0.3, 0.4) is 0 Å². The topological polar surface area (TPSA) is 58.2 Å². The molecule has 1 aliphatic rings. The first-order valence-electron chi connectivity index (χ1n) is 9.06. The third-order valence-corrected chi connectivity index (χ3v) is 5.29. The maximum atomic E-state index is 12.9. The molecule has 0 saturated carbocycles. The maximum Gasteiger partial charge on any atom is 0.256 e. The minimum atomic E-state index is -0.523. The molecule has 1 N–H and O–H groups in total. The number of ether oxygens (including phenoxy) is 1. The van der Waals surface area contributed by atoms with Crippen molar-refractivity contribution in [2.75, 3.05) is 20.2 Å². The third kappa shape index (κ3) is 3.10. The number of fused-ring (bicyclic) bond motifs is 1. The second-order valence-electron chi connectivity index (χ2n) is 6.77. The van der Waals surface area contributed by atoms with Gasteiger partial charge in [0.25, 0.3) is 5.91 Å². The Morgan fingerprint density at radius 2 is 1.96 bits per heavy atom. The Labute approximate surface area is 153 Å². The Morgan fingerprint density at radius 3 is 2.69 bits per heavy atom. The zero-order valence-electron chi connectivity index (χ0n) is 14.9. The summed E-state index contributed by atoms with van der Waals surface area (Å²) in [5.41, 5.74) is 3.15. The molecule has 1 atom stereocenters. The van der Waals surface area contributed by atoms with E-state index in [-0.39, 0.29) is 5.91 Å². The van der Waals surface area contributed by atoms with E-state index in [0.29, 0.717) is 5.92 Å². The van der Waals surface area contributed by atoms with Gasteiger partial charge in [0, 0.05) is 38.0 Å². The highest BCUT2D eigenvalue weighted by Crippen LogP contribution is 2.33. The van der Waals surface area contributed by atoms with Crippen molar-refractivity contribution in [2.45, 2.75) is 24.9 Å². The molecule has 26 heavy (non-hydrogen) atoms. The fourth-order valence-corrected chi connectivity index (χ4v) is 3.90. The molecule has 1 fully saturated rings. The van der Waals surface area contributed by atoms with Gasteiger partial charge in [-0.1, -0.05) is 30.3 Å². The summed E-state index contributed by atoms with van der Waals surface area (Å²) in [5.74, 6) is 0.507. The Bertz CT molecular complexity index is 882.